The minimum atomic E-state index is -3.26. The first kappa shape index (κ1) is 13.4. The van der Waals surface area contributed by atoms with Crippen molar-refractivity contribution in [1.82, 2.24) is 24.8 Å². The van der Waals surface area contributed by atoms with E-state index in [0.29, 0.717) is 18.7 Å². The summed E-state index contributed by atoms with van der Waals surface area (Å²) in [5.74, 6) is 0.648. The molecule has 0 aliphatic carbocycles. The number of aryl methyl sites for hydroxylation is 1. The molecule has 2 N–H and O–H groups in total. The molecule has 0 atom stereocenters. The minimum Gasteiger partial charge on any atom is -0.317 e. The van der Waals surface area contributed by atoms with Crippen LogP contribution in [0.15, 0.2) is 6.33 Å². The quantitative estimate of drug-likeness (QED) is 0.753. The molecule has 0 aromatic carbocycles. The SMILES string of the molecule is CCn1cnnc1CNS(=O)(=O)C1CCNCC1. The molecule has 1 aromatic rings. The van der Waals surface area contributed by atoms with Gasteiger partial charge in [-0.3, -0.25) is 0 Å². The normalized spacial score (nSPS) is 18.1. The molecule has 1 aliphatic heterocycles. The summed E-state index contributed by atoms with van der Waals surface area (Å²) in [7, 11) is -3.26. The van der Waals surface area contributed by atoms with Gasteiger partial charge in [0.2, 0.25) is 10.0 Å². The number of hydrogen-bond donors (Lipinski definition) is 2. The van der Waals surface area contributed by atoms with Gasteiger partial charge in [0.25, 0.3) is 0 Å². The molecule has 0 spiro atoms. The van der Waals surface area contributed by atoms with Crippen LogP contribution in [-0.2, 0) is 23.1 Å². The maximum Gasteiger partial charge on any atom is 0.214 e. The lowest BCUT2D eigenvalue weighted by Crippen LogP contribution is -2.41. The maximum atomic E-state index is 12.1. The van der Waals surface area contributed by atoms with Gasteiger partial charge >= 0.3 is 0 Å². The molecule has 18 heavy (non-hydrogen) atoms. The Morgan fingerprint density at radius 1 is 1.50 bits per heavy atom. The van der Waals surface area contributed by atoms with E-state index in [9.17, 15) is 8.42 Å². The van der Waals surface area contributed by atoms with Gasteiger partial charge in [0.15, 0.2) is 0 Å². The van der Waals surface area contributed by atoms with Crippen molar-refractivity contribution < 1.29 is 8.42 Å². The zero-order chi connectivity index (χ0) is 13.0. The van der Waals surface area contributed by atoms with Crippen molar-refractivity contribution in [3.63, 3.8) is 0 Å². The lowest BCUT2D eigenvalue weighted by molar-refractivity contribution is 0.488. The fraction of sp³-hybridized carbons (Fsp3) is 0.800. The molecular formula is C10H19N5O2S. The molecule has 1 aliphatic rings. The second-order valence-corrected chi connectivity index (χ2v) is 6.39. The largest absolute Gasteiger partial charge is 0.317 e. The summed E-state index contributed by atoms with van der Waals surface area (Å²) in [4.78, 5) is 0. The average molecular weight is 273 g/mol. The minimum absolute atomic E-state index is 0.208. The Morgan fingerprint density at radius 2 is 2.22 bits per heavy atom. The number of nitrogens with zero attached hydrogens (tertiary/aromatic N) is 3. The summed E-state index contributed by atoms with van der Waals surface area (Å²) in [6, 6.07) is 0. The van der Waals surface area contributed by atoms with E-state index in [-0.39, 0.29) is 11.8 Å². The number of nitrogens with one attached hydrogen (secondary N) is 2. The molecule has 0 amide bonds. The molecule has 1 saturated heterocycles. The zero-order valence-electron chi connectivity index (χ0n) is 10.5. The highest BCUT2D eigenvalue weighted by Gasteiger charge is 2.27. The summed E-state index contributed by atoms with van der Waals surface area (Å²) < 4.78 is 28.6. The zero-order valence-corrected chi connectivity index (χ0v) is 11.3. The van der Waals surface area contributed by atoms with Crippen LogP contribution in [0.4, 0.5) is 0 Å². The molecule has 0 unspecified atom stereocenters. The highest BCUT2D eigenvalue weighted by Crippen LogP contribution is 2.12. The van der Waals surface area contributed by atoms with Gasteiger partial charge in [-0.1, -0.05) is 0 Å². The first-order valence-electron chi connectivity index (χ1n) is 6.19. The van der Waals surface area contributed by atoms with Gasteiger partial charge in [0.05, 0.1) is 11.8 Å². The van der Waals surface area contributed by atoms with Crippen molar-refractivity contribution >= 4 is 10.0 Å². The Labute approximate surface area is 107 Å². The third-order valence-electron chi connectivity index (χ3n) is 3.19. The monoisotopic (exact) mass is 273 g/mol. The van der Waals surface area contributed by atoms with Crippen LogP contribution >= 0.6 is 0 Å². The van der Waals surface area contributed by atoms with E-state index in [1.165, 1.54) is 0 Å². The summed E-state index contributed by atoms with van der Waals surface area (Å²) >= 11 is 0. The smallest absolute Gasteiger partial charge is 0.214 e. The Bertz CT molecular complexity index is 478. The molecule has 1 fully saturated rings. The van der Waals surface area contributed by atoms with Crippen molar-refractivity contribution in [1.29, 1.82) is 0 Å². The Hall–Kier alpha value is -0.990. The van der Waals surface area contributed by atoms with Crippen molar-refractivity contribution in [2.75, 3.05) is 13.1 Å². The lowest BCUT2D eigenvalue weighted by atomic mass is 10.2. The van der Waals surface area contributed by atoms with Crippen molar-refractivity contribution in [3.05, 3.63) is 12.2 Å². The molecule has 7 nitrogen and oxygen atoms in total. The van der Waals surface area contributed by atoms with E-state index in [1.54, 1.807) is 6.33 Å². The van der Waals surface area contributed by atoms with E-state index in [4.69, 9.17) is 0 Å². The molecule has 0 radical (unpaired) electrons. The fourth-order valence-electron chi connectivity index (χ4n) is 2.07. The third kappa shape index (κ3) is 3.06. The highest BCUT2D eigenvalue weighted by molar-refractivity contribution is 7.90. The molecule has 0 bridgehead atoms. The van der Waals surface area contributed by atoms with E-state index in [1.807, 2.05) is 11.5 Å². The van der Waals surface area contributed by atoms with Crippen LogP contribution in [0.3, 0.4) is 0 Å². The van der Waals surface area contributed by atoms with Crippen LogP contribution in [0.5, 0.6) is 0 Å². The van der Waals surface area contributed by atoms with Crippen LogP contribution < -0.4 is 10.0 Å². The first-order chi connectivity index (χ1) is 8.63. The van der Waals surface area contributed by atoms with Crippen molar-refractivity contribution in [2.45, 2.75) is 38.1 Å². The standard InChI is InChI=1S/C10H19N5O2S/c1-2-15-8-12-14-10(15)7-13-18(16,17)9-3-5-11-6-4-9/h8-9,11,13H,2-7H2,1H3. The predicted octanol–water partition coefficient (Wildman–Crippen LogP) is -0.531. The number of hydrogen-bond acceptors (Lipinski definition) is 5. The topological polar surface area (TPSA) is 88.9 Å². The molecule has 2 heterocycles. The van der Waals surface area contributed by atoms with E-state index < -0.39 is 10.0 Å². The van der Waals surface area contributed by atoms with Crippen molar-refractivity contribution in [3.8, 4) is 0 Å². The third-order valence-corrected chi connectivity index (χ3v) is 5.09. The van der Waals surface area contributed by atoms with Crippen LogP contribution in [0.25, 0.3) is 0 Å². The number of rotatable bonds is 5. The number of aromatic nitrogens is 3. The molecule has 102 valence electrons. The van der Waals surface area contributed by atoms with Gasteiger partial charge in [-0.15, -0.1) is 10.2 Å². The second-order valence-electron chi connectivity index (χ2n) is 4.35. The van der Waals surface area contributed by atoms with Gasteiger partial charge in [-0.25, -0.2) is 13.1 Å². The Morgan fingerprint density at radius 3 is 2.89 bits per heavy atom. The van der Waals surface area contributed by atoms with Gasteiger partial charge in [-0.2, -0.15) is 0 Å². The van der Waals surface area contributed by atoms with Crippen LogP contribution in [0.1, 0.15) is 25.6 Å². The fourth-order valence-corrected chi connectivity index (χ4v) is 3.49. The van der Waals surface area contributed by atoms with Gasteiger partial charge in [-0.05, 0) is 32.9 Å². The summed E-state index contributed by atoms with van der Waals surface area (Å²) in [6.45, 7) is 4.43. The first-order valence-corrected chi connectivity index (χ1v) is 7.74. The van der Waals surface area contributed by atoms with Gasteiger partial charge < -0.3 is 9.88 Å². The summed E-state index contributed by atoms with van der Waals surface area (Å²) in [5, 5.41) is 10.5. The van der Waals surface area contributed by atoms with Crippen molar-refractivity contribution in [2.24, 2.45) is 0 Å². The van der Waals surface area contributed by atoms with E-state index in [2.05, 4.69) is 20.2 Å². The average Bonchev–Trinajstić information content (AvgIpc) is 2.85. The van der Waals surface area contributed by atoms with E-state index in [0.717, 1.165) is 19.6 Å². The van der Waals surface area contributed by atoms with Crippen LogP contribution in [0, 0.1) is 0 Å². The number of piperidine rings is 1. The molecule has 0 saturated carbocycles. The van der Waals surface area contributed by atoms with Crippen LogP contribution in [-0.4, -0.2) is 41.5 Å². The molecule has 8 heteroatoms. The van der Waals surface area contributed by atoms with Crippen LogP contribution in [0.2, 0.25) is 0 Å². The Kier molecular flexibility index (Phi) is 4.31. The molecule has 2 rings (SSSR count). The number of sulfonamides is 1. The predicted molar refractivity (Wildman–Crippen MR) is 67.3 cm³/mol. The molecule has 1 aromatic heterocycles. The molecular weight excluding hydrogens is 254 g/mol. The van der Waals surface area contributed by atoms with Gasteiger partial charge in [0.1, 0.15) is 12.2 Å². The second kappa shape index (κ2) is 5.77. The van der Waals surface area contributed by atoms with Gasteiger partial charge in [0, 0.05) is 6.54 Å². The summed E-state index contributed by atoms with van der Waals surface area (Å²) in [5.41, 5.74) is 0. The Balaban J connectivity index is 1.96. The summed E-state index contributed by atoms with van der Waals surface area (Å²) in [6.07, 6.45) is 2.93. The van der Waals surface area contributed by atoms with E-state index >= 15 is 0 Å². The maximum absolute atomic E-state index is 12.1. The highest BCUT2D eigenvalue weighted by atomic mass is 32.2. The lowest BCUT2D eigenvalue weighted by Gasteiger charge is -2.22.